The second-order valence-corrected chi connectivity index (χ2v) is 5.65. The zero-order valence-electron chi connectivity index (χ0n) is 13.4. The maximum Gasteiger partial charge on any atom is 0.251 e. The second kappa shape index (κ2) is 8.26. The average molecular weight is 354 g/mol. The standard InChI is InChI=1S/C19H16ClN3O2/c20-16-7-4-14(5-8-16)19(24)22-11-12-25-18-9-6-15(13-23-18)17-3-1-2-10-21-17/h1-10,13H,11-12H2,(H,22,24). The third-order valence-electron chi connectivity index (χ3n) is 3.44. The Bertz CT molecular complexity index is 822. The highest BCUT2D eigenvalue weighted by atomic mass is 35.5. The lowest BCUT2D eigenvalue weighted by Crippen LogP contribution is -2.28. The summed E-state index contributed by atoms with van der Waals surface area (Å²) in [5.41, 5.74) is 2.34. The number of nitrogens with zero attached hydrogens (tertiary/aromatic N) is 2. The summed E-state index contributed by atoms with van der Waals surface area (Å²) in [7, 11) is 0. The first-order valence-electron chi connectivity index (χ1n) is 7.76. The fraction of sp³-hybridized carbons (Fsp3) is 0.105. The van der Waals surface area contributed by atoms with Crippen molar-refractivity contribution >= 4 is 17.5 Å². The minimum Gasteiger partial charge on any atom is -0.476 e. The van der Waals surface area contributed by atoms with Crippen LogP contribution in [0.25, 0.3) is 11.3 Å². The van der Waals surface area contributed by atoms with Crippen LogP contribution in [0.15, 0.2) is 67.0 Å². The molecule has 0 fully saturated rings. The Balaban J connectivity index is 1.46. The summed E-state index contributed by atoms with van der Waals surface area (Å²) in [5, 5.41) is 3.38. The number of hydrogen-bond acceptors (Lipinski definition) is 4. The van der Waals surface area contributed by atoms with Crippen LogP contribution in [0, 0.1) is 0 Å². The molecule has 0 atom stereocenters. The van der Waals surface area contributed by atoms with E-state index in [2.05, 4.69) is 15.3 Å². The summed E-state index contributed by atoms with van der Waals surface area (Å²) in [4.78, 5) is 20.5. The molecule has 25 heavy (non-hydrogen) atoms. The van der Waals surface area contributed by atoms with Gasteiger partial charge in [-0.15, -0.1) is 0 Å². The van der Waals surface area contributed by atoms with Crippen molar-refractivity contribution in [3.05, 3.63) is 77.6 Å². The first-order valence-corrected chi connectivity index (χ1v) is 8.14. The lowest BCUT2D eigenvalue weighted by molar-refractivity contribution is 0.0946. The van der Waals surface area contributed by atoms with Crippen molar-refractivity contribution in [2.75, 3.05) is 13.2 Å². The van der Waals surface area contributed by atoms with Gasteiger partial charge in [-0.05, 0) is 42.5 Å². The smallest absolute Gasteiger partial charge is 0.251 e. The Morgan fingerprint density at radius 1 is 1.04 bits per heavy atom. The number of aromatic nitrogens is 2. The SMILES string of the molecule is O=C(NCCOc1ccc(-c2ccccn2)cn1)c1ccc(Cl)cc1. The van der Waals surface area contributed by atoms with E-state index in [1.807, 2.05) is 24.3 Å². The molecular weight excluding hydrogens is 338 g/mol. The number of rotatable bonds is 6. The molecule has 126 valence electrons. The van der Waals surface area contributed by atoms with Crippen molar-refractivity contribution in [3.63, 3.8) is 0 Å². The minimum atomic E-state index is -0.168. The van der Waals surface area contributed by atoms with E-state index in [0.717, 1.165) is 11.3 Å². The van der Waals surface area contributed by atoms with Crippen molar-refractivity contribution in [2.24, 2.45) is 0 Å². The van der Waals surface area contributed by atoms with Crippen molar-refractivity contribution in [2.45, 2.75) is 0 Å². The Hall–Kier alpha value is -2.92. The molecule has 0 aliphatic carbocycles. The van der Waals surface area contributed by atoms with Gasteiger partial charge < -0.3 is 10.1 Å². The molecule has 1 amide bonds. The first-order chi connectivity index (χ1) is 12.2. The quantitative estimate of drug-likeness (QED) is 0.688. The molecule has 0 saturated carbocycles. The lowest BCUT2D eigenvalue weighted by Gasteiger charge is -2.08. The van der Waals surface area contributed by atoms with E-state index in [0.29, 0.717) is 29.6 Å². The average Bonchev–Trinajstić information content (AvgIpc) is 2.67. The molecule has 0 spiro atoms. The van der Waals surface area contributed by atoms with E-state index >= 15 is 0 Å². The summed E-state index contributed by atoms with van der Waals surface area (Å²) >= 11 is 5.80. The molecule has 2 heterocycles. The van der Waals surface area contributed by atoms with Crippen LogP contribution in [0.3, 0.4) is 0 Å². The zero-order valence-corrected chi connectivity index (χ0v) is 14.1. The first kappa shape index (κ1) is 16.9. The van der Waals surface area contributed by atoms with E-state index in [9.17, 15) is 4.79 Å². The van der Waals surface area contributed by atoms with Gasteiger partial charge in [-0.1, -0.05) is 17.7 Å². The van der Waals surface area contributed by atoms with Crippen LogP contribution in [-0.2, 0) is 0 Å². The summed E-state index contributed by atoms with van der Waals surface area (Å²) in [6, 6.07) is 16.1. The fourth-order valence-electron chi connectivity index (χ4n) is 2.17. The van der Waals surface area contributed by atoms with Gasteiger partial charge in [0.05, 0.1) is 12.2 Å². The molecule has 5 nitrogen and oxygen atoms in total. The highest BCUT2D eigenvalue weighted by Crippen LogP contribution is 2.17. The van der Waals surface area contributed by atoms with Crippen LogP contribution in [-0.4, -0.2) is 29.0 Å². The van der Waals surface area contributed by atoms with E-state index in [4.69, 9.17) is 16.3 Å². The molecule has 0 aliphatic heterocycles. The zero-order chi connectivity index (χ0) is 17.5. The lowest BCUT2D eigenvalue weighted by atomic mass is 10.2. The number of pyridine rings is 2. The second-order valence-electron chi connectivity index (χ2n) is 5.21. The van der Waals surface area contributed by atoms with E-state index < -0.39 is 0 Å². The number of halogens is 1. The summed E-state index contributed by atoms with van der Waals surface area (Å²) in [5.74, 6) is 0.333. The number of amides is 1. The van der Waals surface area contributed by atoms with Crippen molar-refractivity contribution < 1.29 is 9.53 Å². The molecule has 1 aromatic carbocycles. The highest BCUT2D eigenvalue weighted by Gasteiger charge is 2.05. The summed E-state index contributed by atoms with van der Waals surface area (Å²) in [6.07, 6.45) is 3.45. The molecule has 1 N–H and O–H groups in total. The van der Waals surface area contributed by atoms with Gasteiger partial charge in [0.25, 0.3) is 5.91 Å². The minimum absolute atomic E-state index is 0.168. The van der Waals surface area contributed by atoms with Crippen LogP contribution in [0.1, 0.15) is 10.4 Å². The summed E-state index contributed by atoms with van der Waals surface area (Å²) < 4.78 is 5.53. The topological polar surface area (TPSA) is 64.1 Å². The molecule has 6 heteroatoms. The van der Waals surface area contributed by atoms with Crippen LogP contribution in [0.5, 0.6) is 5.88 Å². The number of benzene rings is 1. The predicted octanol–water partition coefficient (Wildman–Crippen LogP) is 3.61. The van der Waals surface area contributed by atoms with Crippen molar-refractivity contribution in [1.29, 1.82) is 0 Å². The molecule has 3 aromatic rings. The fourth-order valence-corrected chi connectivity index (χ4v) is 2.30. The Labute approximate surface area is 150 Å². The monoisotopic (exact) mass is 353 g/mol. The largest absolute Gasteiger partial charge is 0.476 e. The molecular formula is C19H16ClN3O2. The molecule has 0 radical (unpaired) electrons. The Morgan fingerprint density at radius 3 is 2.56 bits per heavy atom. The van der Waals surface area contributed by atoms with E-state index in [-0.39, 0.29) is 5.91 Å². The maximum absolute atomic E-state index is 11.9. The molecule has 0 saturated heterocycles. The third-order valence-corrected chi connectivity index (χ3v) is 3.69. The maximum atomic E-state index is 11.9. The number of nitrogens with one attached hydrogen (secondary N) is 1. The van der Waals surface area contributed by atoms with Crippen LogP contribution < -0.4 is 10.1 Å². The van der Waals surface area contributed by atoms with Crippen molar-refractivity contribution in [3.8, 4) is 17.1 Å². The van der Waals surface area contributed by atoms with Gasteiger partial charge in [0.1, 0.15) is 6.61 Å². The third kappa shape index (κ3) is 4.78. The van der Waals surface area contributed by atoms with E-state index in [1.165, 1.54) is 0 Å². The molecule has 2 aromatic heterocycles. The van der Waals surface area contributed by atoms with Crippen molar-refractivity contribution in [1.82, 2.24) is 15.3 Å². The van der Waals surface area contributed by atoms with Gasteiger partial charge in [0, 0.05) is 34.6 Å². The Kier molecular flexibility index (Phi) is 5.59. The van der Waals surface area contributed by atoms with Gasteiger partial charge in [0.15, 0.2) is 0 Å². The van der Waals surface area contributed by atoms with Gasteiger partial charge in [-0.3, -0.25) is 9.78 Å². The number of ether oxygens (including phenoxy) is 1. The Morgan fingerprint density at radius 2 is 1.88 bits per heavy atom. The van der Waals surface area contributed by atoms with Gasteiger partial charge in [-0.25, -0.2) is 4.98 Å². The van der Waals surface area contributed by atoms with Crippen LogP contribution in [0.4, 0.5) is 0 Å². The van der Waals surface area contributed by atoms with E-state index in [1.54, 1.807) is 42.7 Å². The van der Waals surface area contributed by atoms with Gasteiger partial charge >= 0.3 is 0 Å². The molecule has 0 unspecified atom stereocenters. The van der Waals surface area contributed by atoms with Crippen LogP contribution in [0.2, 0.25) is 5.02 Å². The molecule has 0 bridgehead atoms. The molecule has 3 rings (SSSR count). The predicted molar refractivity (Wildman–Crippen MR) is 96.7 cm³/mol. The number of carbonyl (C=O) groups excluding carboxylic acids is 1. The number of hydrogen-bond donors (Lipinski definition) is 1. The molecule has 0 aliphatic rings. The number of carbonyl (C=O) groups is 1. The normalized spacial score (nSPS) is 10.3. The highest BCUT2D eigenvalue weighted by molar-refractivity contribution is 6.30. The van der Waals surface area contributed by atoms with Crippen LogP contribution >= 0.6 is 11.6 Å². The summed E-state index contributed by atoms with van der Waals surface area (Å²) in [6.45, 7) is 0.709. The van der Waals surface area contributed by atoms with Gasteiger partial charge in [0.2, 0.25) is 5.88 Å². The van der Waals surface area contributed by atoms with Gasteiger partial charge in [-0.2, -0.15) is 0 Å².